The minimum Gasteiger partial charge on any atom is -0.480 e. The third kappa shape index (κ3) is 2.59. The molecule has 0 radical (unpaired) electrons. The number of fused-ring (bicyclic) bond motifs is 3. The summed E-state index contributed by atoms with van der Waals surface area (Å²) in [5.74, 6) is 0.948. The molecular formula is C22H14ClFN4OS. The zero-order valence-corrected chi connectivity index (χ0v) is 17.0. The smallest absolute Gasteiger partial charge is 0.226 e. The minimum absolute atomic E-state index is 0.306. The zero-order valence-electron chi connectivity index (χ0n) is 15.4. The molecule has 2 aliphatic heterocycles. The molecule has 0 spiro atoms. The number of hydrogen-bond acceptors (Lipinski definition) is 5. The maximum absolute atomic E-state index is 15.0. The molecule has 2 atom stereocenters. The highest BCUT2D eigenvalue weighted by Gasteiger charge is 2.42. The van der Waals surface area contributed by atoms with Crippen molar-refractivity contribution in [3.8, 4) is 5.75 Å². The molecule has 2 aromatic carbocycles. The van der Waals surface area contributed by atoms with Gasteiger partial charge in [-0.1, -0.05) is 35.9 Å². The molecule has 0 bridgehead atoms. The van der Waals surface area contributed by atoms with Gasteiger partial charge in [0.05, 0.1) is 5.70 Å². The zero-order chi connectivity index (χ0) is 20.2. The number of anilines is 1. The number of rotatable bonds is 2. The summed E-state index contributed by atoms with van der Waals surface area (Å²) in [6.45, 7) is 0. The van der Waals surface area contributed by atoms with E-state index in [-0.39, 0.29) is 5.82 Å². The third-order valence-electron chi connectivity index (χ3n) is 5.38. The van der Waals surface area contributed by atoms with Crippen LogP contribution in [0.3, 0.4) is 0 Å². The van der Waals surface area contributed by atoms with Gasteiger partial charge >= 0.3 is 0 Å². The van der Waals surface area contributed by atoms with Crippen LogP contribution in [0.4, 0.5) is 10.3 Å². The van der Waals surface area contributed by atoms with Crippen molar-refractivity contribution >= 4 is 34.6 Å². The summed E-state index contributed by atoms with van der Waals surface area (Å²) >= 11 is 7.90. The topological polar surface area (TPSA) is 52.0 Å². The second-order valence-electron chi connectivity index (χ2n) is 7.06. The van der Waals surface area contributed by atoms with E-state index in [0.717, 1.165) is 21.7 Å². The van der Waals surface area contributed by atoms with E-state index >= 15 is 0 Å². The van der Waals surface area contributed by atoms with E-state index in [4.69, 9.17) is 16.3 Å². The summed E-state index contributed by atoms with van der Waals surface area (Å²) < 4.78 is 23.2. The Labute approximate surface area is 180 Å². The van der Waals surface area contributed by atoms with E-state index in [9.17, 15) is 4.39 Å². The highest BCUT2D eigenvalue weighted by Crippen LogP contribution is 2.51. The first kappa shape index (κ1) is 17.7. The molecule has 0 amide bonds. The number of nitrogens with zero attached hydrogens (tertiary/aromatic N) is 3. The molecule has 2 aliphatic rings. The molecule has 0 fully saturated rings. The summed E-state index contributed by atoms with van der Waals surface area (Å²) in [7, 11) is 0. The standard InChI is InChI=1S/C22H14ClFN4OS/c23-12-7-8-16-14(10-12)19-18(21(29-16)17-6-3-9-30-17)20(13-4-1-2-5-15(13)24)28-22(27-19)25-11-26-28/h1-11,20-21H,(H,25,26,27)/t20-,21-/m1/s1. The van der Waals surface area contributed by atoms with Crippen molar-refractivity contribution in [2.24, 2.45) is 0 Å². The molecule has 148 valence electrons. The molecule has 4 aromatic rings. The molecule has 0 saturated carbocycles. The Morgan fingerprint density at radius 1 is 1.13 bits per heavy atom. The number of aromatic nitrogens is 3. The van der Waals surface area contributed by atoms with Crippen LogP contribution >= 0.6 is 22.9 Å². The molecule has 8 heteroatoms. The first-order chi connectivity index (χ1) is 14.7. The Hall–Kier alpha value is -3.16. The first-order valence-electron chi connectivity index (χ1n) is 9.35. The number of benzene rings is 2. The predicted molar refractivity (Wildman–Crippen MR) is 114 cm³/mol. The first-order valence-corrected chi connectivity index (χ1v) is 10.6. The fourth-order valence-corrected chi connectivity index (χ4v) is 5.06. The summed E-state index contributed by atoms with van der Waals surface area (Å²) in [4.78, 5) is 5.37. The number of ether oxygens (including phenoxy) is 1. The Bertz CT molecular complexity index is 1300. The maximum Gasteiger partial charge on any atom is 0.226 e. The third-order valence-corrected chi connectivity index (χ3v) is 6.53. The van der Waals surface area contributed by atoms with Gasteiger partial charge in [-0.3, -0.25) is 0 Å². The summed E-state index contributed by atoms with van der Waals surface area (Å²) in [6, 6.07) is 15.8. The van der Waals surface area contributed by atoms with E-state index in [1.165, 1.54) is 12.4 Å². The highest BCUT2D eigenvalue weighted by atomic mass is 35.5. The van der Waals surface area contributed by atoms with Crippen LogP contribution in [-0.2, 0) is 0 Å². The second-order valence-corrected chi connectivity index (χ2v) is 8.48. The molecule has 0 aliphatic carbocycles. The van der Waals surface area contributed by atoms with Gasteiger partial charge in [0.1, 0.15) is 23.9 Å². The maximum atomic E-state index is 15.0. The van der Waals surface area contributed by atoms with E-state index in [2.05, 4.69) is 15.4 Å². The van der Waals surface area contributed by atoms with Gasteiger partial charge in [0.15, 0.2) is 6.10 Å². The minimum atomic E-state index is -0.515. The van der Waals surface area contributed by atoms with Crippen molar-refractivity contribution in [2.75, 3.05) is 5.32 Å². The van der Waals surface area contributed by atoms with Gasteiger partial charge in [0, 0.05) is 26.6 Å². The van der Waals surface area contributed by atoms with Crippen LogP contribution in [0, 0.1) is 5.82 Å². The van der Waals surface area contributed by atoms with Crippen LogP contribution in [0.2, 0.25) is 5.02 Å². The quantitative estimate of drug-likeness (QED) is 0.438. The Morgan fingerprint density at radius 2 is 2.03 bits per heavy atom. The van der Waals surface area contributed by atoms with E-state index in [1.54, 1.807) is 34.2 Å². The molecule has 4 heterocycles. The molecule has 6 rings (SSSR count). The van der Waals surface area contributed by atoms with Crippen molar-refractivity contribution in [1.82, 2.24) is 14.8 Å². The lowest BCUT2D eigenvalue weighted by molar-refractivity contribution is 0.226. The van der Waals surface area contributed by atoms with E-state index in [1.807, 2.05) is 35.7 Å². The molecule has 5 nitrogen and oxygen atoms in total. The van der Waals surface area contributed by atoms with Crippen LogP contribution in [-0.4, -0.2) is 14.8 Å². The van der Waals surface area contributed by atoms with Crippen molar-refractivity contribution in [2.45, 2.75) is 12.1 Å². The Kier molecular flexibility index (Phi) is 3.94. The van der Waals surface area contributed by atoms with E-state index < -0.39 is 12.1 Å². The second kappa shape index (κ2) is 6.68. The molecular weight excluding hydrogens is 423 g/mol. The van der Waals surface area contributed by atoms with Crippen molar-refractivity contribution in [3.05, 3.63) is 98.7 Å². The number of halogens is 2. The van der Waals surface area contributed by atoms with Crippen LogP contribution in [0.25, 0.3) is 5.70 Å². The Morgan fingerprint density at radius 3 is 2.87 bits per heavy atom. The van der Waals surface area contributed by atoms with Gasteiger partial charge in [0.25, 0.3) is 0 Å². The normalized spacial score (nSPS) is 19.4. The van der Waals surface area contributed by atoms with Crippen molar-refractivity contribution in [3.63, 3.8) is 0 Å². The lowest BCUT2D eigenvalue weighted by Gasteiger charge is -2.38. The van der Waals surface area contributed by atoms with Crippen molar-refractivity contribution < 1.29 is 9.13 Å². The summed E-state index contributed by atoms with van der Waals surface area (Å²) in [5.41, 5.74) is 3.02. The van der Waals surface area contributed by atoms with Gasteiger partial charge in [-0.15, -0.1) is 11.3 Å². The average molecular weight is 437 g/mol. The van der Waals surface area contributed by atoms with Crippen LogP contribution < -0.4 is 10.1 Å². The molecule has 0 unspecified atom stereocenters. The van der Waals surface area contributed by atoms with Crippen molar-refractivity contribution in [1.29, 1.82) is 0 Å². The van der Waals surface area contributed by atoms with Gasteiger partial charge in [-0.2, -0.15) is 10.1 Å². The van der Waals surface area contributed by atoms with Crippen LogP contribution in [0.5, 0.6) is 5.75 Å². The monoisotopic (exact) mass is 436 g/mol. The number of thiophene rings is 1. The lowest BCUT2D eigenvalue weighted by atomic mass is 9.86. The molecule has 2 aromatic heterocycles. The Balaban J connectivity index is 1.67. The van der Waals surface area contributed by atoms with Gasteiger partial charge in [-0.05, 0) is 35.7 Å². The van der Waals surface area contributed by atoms with Gasteiger partial charge in [0.2, 0.25) is 5.95 Å². The predicted octanol–water partition coefficient (Wildman–Crippen LogP) is 5.69. The van der Waals surface area contributed by atoms with Crippen LogP contribution in [0.15, 0.2) is 71.9 Å². The van der Waals surface area contributed by atoms with Gasteiger partial charge in [-0.25, -0.2) is 9.07 Å². The molecule has 30 heavy (non-hydrogen) atoms. The summed E-state index contributed by atoms with van der Waals surface area (Å²) in [5, 5.41) is 10.4. The fraction of sp³-hybridized carbons (Fsp3) is 0.0909. The molecule has 0 saturated heterocycles. The van der Waals surface area contributed by atoms with E-state index in [0.29, 0.717) is 22.3 Å². The lowest BCUT2D eigenvalue weighted by Crippen LogP contribution is -2.32. The number of nitrogens with one attached hydrogen (secondary N) is 1. The van der Waals surface area contributed by atoms with Gasteiger partial charge < -0.3 is 10.1 Å². The SMILES string of the molecule is Fc1ccccc1[C@@H]1C2=C(Nc3ncnn31)c1cc(Cl)ccc1O[C@@H]2c1cccs1. The average Bonchev–Trinajstić information content (AvgIpc) is 3.44. The molecule has 1 N–H and O–H groups in total. The highest BCUT2D eigenvalue weighted by molar-refractivity contribution is 7.10. The number of hydrogen-bond donors (Lipinski definition) is 1. The summed E-state index contributed by atoms with van der Waals surface area (Å²) in [6.07, 6.45) is 1.07. The fourth-order valence-electron chi connectivity index (χ4n) is 4.12. The largest absolute Gasteiger partial charge is 0.480 e. The van der Waals surface area contributed by atoms with Crippen LogP contribution in [0.1, 0.15) is 28.1 Å².